The van der Waals surface area contributed by atoms with Crippen molar-refractivity contribution in [2.45, 2.75) is 31.9 Å². The van der Waals surface area contributed by atoms with Gasteiger partial charge in [-0.2, -0.15) is 0 Å². The van der Waals surface area contributed by atoms with Crippen molar-refractivity contribution < 1.29 is 18.9 Å². The summed E-state index contributed by atoms with van der Waals surface area (Å²) in [4.78, 5) is 2.51. The van der Waals surface area contributed by atoms with Gasteiger partial charge < -0.3 is 18.9 Å². The second-order valence-corrected chi connectivity index (χ2v) is 6.98. The monoisotopic (exact) mass is 335 g/mol. The summed E-state index contributed by atoms with van der Waals surface area (Å²) in [6, 6.07) is 6.10. The van der Waals surface area contributed by atoms with Crippen LogP contribution in [0.1, 0.15) is 24.8 Å². The highest BCUT2D eigenvalue weighted by molar-refractivity contribution is 5.38. The molecule has 0 aliphatic carbocycles. The molecule has 5 nitrogen and oxygen atoms in total. The molecule has 3 rings (SSSR count). The number of benzene rings is 1. The Morgan fingerprint density at radius 3 is 2.58 bits per heavy atom. The van der Waals surface area contributed by atoms with Crippen LogP contribution in [0.15, 0.2) is 18.2 Å². The van der Waals surface area contributed by atoms with E-state index < -0.39 is 0 Å². The van der Waals surface area contributed by atoms with E-state index in [-0.39, 0.29) is 5.41 Å². The quantitative estimate of drug-likeness (QED) is 0.799. The second kappa shape index (κ2) is 7.72. The molecule has 2 aliphatic rings. The lowest BCUT2D eigenvalue weighted by Gasteiger charge is -2.50. The van der Waals surface area contributed by atoms with Gasteiger partial charge in [-0.05, 0) is 37.0 Å². The maximum absolute atomic E-state index is 6.06. The molecular weight excluding hydrogens is 306 g/mol. The number of fused-ring (bicyclic) bond motifs is 1. The summed E-state index contributed by atoms with van der Waals surface area (Å²) in [6.45, 7) is 4.63. The Labute approximate surface area is 144 Å². The highest BCUT2D eigenvalue weighted by atomic mass is 16.5. The van der Waals surface area contributed by atoms with Crippen molar-refractivity contribution >= 4 is 0 Å². The first kappa shape index (κ1) is 17.5. The van der Waals surface area contributed by atoms with Gasteiger partial charge >= 0.3 is 0 Å². The molecular formula is C19H29NO4. The molecule has 5 heteroatoms. The lowest BCUT2D eigenvalue weighted by Crippen LogP contribution is -2.56. The number of methoxy groups -OCH3 is 3. The third-order valence-corrected chi connectivity index (χ3v) is 5.32. The molecule has 0 radical (unpaired) electrons. The maximum Gasteiger partial charge on any atom is 0.122 e. The van der Waals surface area contributed by atoms with E-state index in [9.17, 15) is 0 Å². The Kier molecular flexibility index (Phi) is 5.64. The van der Waals surface area contributed by atoms with Crippen LogP contribution in [0.5, 0.6) is 11.5 Å². The fourth-order valence-electron chi connectivity index (χ4n) is 4.23. The van der Waals surface area contributed by atoms with Crippen molar-refractivity contribution in [1.82, 2.24) is 4.90 Å². The van der Waals surface area contributed by atoms with Crippen LogP contribution in [0.25, 0.3) is 0 Å². The molecule has 2 saturated heterocycles. The molecule has 24 heavy (non-hydrogen) atoms. The number of hydrogen-bond acceptors (Lipinski definition) is 5. The van der Waals surface area contributed by atoms with E-state index in [0.717, 1.165) is 57.2 Å². The third-order valence-electron chi connectivity index (χ3n) is 5.32. The molecule has 0 aromatic heterocycles. The first-order valence-corrected chi connectivity index (χ1v) is 8.74. The minimum atomic E-state index is 0.133. The van der Waals surface area contributed by atoms with Crippen LogP contribution in [0.4, 0.5) is 0 Å². The molecule has 0 amide bonds. The van der Waals surface area contributed by atoms with Crippen LogP contribution in [0.3, 0.4) is 0 Å². The van der Waals surface area contributed by atoms with Gasteiger partial charge in [0.15, 0.2) is 0 Å². The summed E-state index contributed by atoms with van der Waals surface area (Å²) in [5, 5.41) is 0. The van der Waals surface area contributed by atoms with Crippen molar-refractivity contribution in [3.8, 4) is 11.5 Å². The van der Waals surface area contributed by atoms with Gasteiger partial charge in [0.25, 0.3) is 0 Å². The Balaban J connectivity index is 1.74. The largest absolute Gasteiger partial charge is 0.497 e. The average Bonchev–Trinajstić information content (AvgIpc) is 2.61. The van der Waals surface area contributed by atoms with Gasteiger partial charge in [-0.1, -0.05) is 0 Å². The summed E-state index contributed by atoms with van der Waals surface area (Å²) < 4.78 is 22.4. The van der Waals surface area contributed by atoms with Gasteiger partial charge in [0.05, 0.1) is 26.9 Å². The number of nitrogens with zero attached hydrogens (tertiary/aromatic N) is 1. The van der Waals surface area contributed by atoms with Crippen molar-refractivity contribution in [3.05, 3.63) is 23.8 Å². The number of ether oxygens (including phenoxy) is 4. The first-order valence-electron chi connectivity index (χ1n) is 8.74. The molecule has 0 unspecified atom stereocenters. The third kappa shape index (κ3) is 3.68. The van der Waals surface area contributed by atoms with Gasteiger partial charge in [0.1, 0.15) is 11.5 Å². The fraction of sp³-hybridized carbons (Fsp3) is 0.684. The number of piperidine rings is 1. The summed E-state index contributed by atoms with van der Waals surface area (Å²) in [5.74, 6) is 1.68. The molecule has 2 fully saturated rings. The summed E-state index contributed by atoms with van der Waals surface area (Å²) in [7, 11) is 5.18. The predicted octanol–water partition coefficient (Wildman–Crippen LogP) is 2.72. The lowest BCUT2D eigenvalue weighted by atomic mass is 9.73. The standard InChI is InChI=1S/C19H29NO4/c1-21-14-19-6-4-8-24-18(19)5-7-20(13-19)12-15-9-16(22-2)11-17(10-15)23-3/h9-11,18H,4-8,12-14H2,1-3H3/t18-,19-/m0/s1. The molecule has 0 N–H and O–H groups in total. The molecule has 0 saturated carbocycles. The summed E-state index contributed by atoms with van der Waals surface area (Å²) in [5.41, 5.74) is 1.35. The van der Waals surface area contributed by atoms with Crippen LogP contribution in [0, 0.1) is 5.41 Å². The second-order valence-electron chi connectivity index (χ2n) is 6.98. The number of rotatable bonds is 6. The van der Waals surface area contributed by atoms with Gasteiger partial charge in [-0.25, -0.2) is 0 Å². The molecule has 1 aromatic carbocycles. The maximum atomic E-state index is 6.06. The van der Waals surface area contributed by atoms with Crippen LogP contribution in [-0.2, 0) is 16.0 Å². The van der Waals surface area contributed by atoms with Crippen molar-refractivity contribution in [3.63, 3.8) is 0 Å². The van der Waals surface area contributed by atoms with E-state index in [2.05, 4.69) is 17.0 Å². The average molecular weight is 335 g/mol. The zero-order chi connectivity index (χ0) is 17.0. The summed E-state index contributed by atoms with van der Waals surface area (Å²) in [6.07, 6.45) is 3.72. The molecule has 0 bridgehead atoms. The zero-order valence-electron chi connectivity index (χ0n) is 15.0. The van der Waals surface area contributed by atoms with E-state index >= 15 is 0 Å². The Bertz CT molecular complexity index is 524. The molecule has 2 atom stereocenters. The fourth-order valence-corrected chi connectivity index (χ4v) is 4.23. The smallest absolute Gasteiger partial charge is 0.122 e. The minimum Gasteiger partial charge on any atom is -0.497 e. The Hall–Kier alpha value is -1.30. The van der Waals surface area contributed by atoms with Crippen molar-refractivity contribution in [2.24, 2.45) is 5.41 Å². The normalized spacial score (nSPS) is 27.5. The van der Waals surface area contributed by atoms with Crippen LogP contribution in [-0.4, -0.2) is 58.6 Å². The topological polar surface area (TPSA) is 40.2 Å². The zero-order valence-corrected chi connectivity index (χ0v) is 15.0. The van der Waals surface area contributed by atoms with E-state index in [4.69, 9.17) is 18.9 Å². The number of likely N-dealkylation sites (tertiary alicyclic amines) is 1. The Morgan fingerprint density at radius 2 is 1.92 bits per heavy atom. The Morgan fingerprint density at radius 1 is 1.17 bits per heavy atom. The van der Waals surface area contributed by atoms with Crippen molar-refractivity contribution in [1.29, 1.82) is 0 Å². The SMILES string of the molecule is COC[C@@]12CCCO[C@H]1CCN(Cc1cc(OC)cc(OC)c1)C2. The van der Waals surface area contributed by atoms with Gasteiger partial charge in [-0.15, -0.1) is 0 Å². The van der Waals surface area contributed by atoms with Crippen LogP contribution in [0.2, 0.25) is 0 Å². The molecule has 134 valence electrons. The van der Waals surface area contributed by atoms with E-state index in [1.54, 1.807) is 21.3 Å². The van der Waals surface area contributed by atoms with Gasteiger partial charge in [0, 0.05) is 44.8 Å². The van der Waals surface area contributed by atoms with E-state index in [0.29, 0.717) is 6.10 Å². The predicted molar refractivity (Wildman–Crippen MR) is 92.7 cm³/mol. The lowest BCUT2D eigenvalue weighted by molar-refractivity contribution is -0.149. The molecule has 2 heterocycles. The van der Waals surface area contributed by atoms with Gasteiger partial charge in [0.2, 0.25) is 0 Å². The minimum absolute atomic E-state index is 0.133. The summed E-state index contributed by atoms with van der Waals surface area (Å²) >= 11 is 0. The highest BCUT2D eigenvalue weighted by Gasteiger charge is 2.45. The molecule has 0 spiro atoms. The van der Waals surface area contributed by atoms with E-state index in [1.165, 1.54) is 12.0 Å². The first-order chi connectivity index (χ1) is 11.7. The van der Waals surface area contributed by atoms with Crippen LogP contribution >= 0.6 is 0 Å². The molecule has 1 aromatic rings. The van der Waals surface area contributed by atoms with Crippen LogP contribution < -0.4 is 9.47 Å². The van der Waals surface area contributed by atoms with Crippen molar-refractivity contribution in [2.75, 3.05) is 47.6 Å². The molecule has 2 aliphatic heterocycles. The van der Waals surface area contributed by atoms with Gasteiger partial charge in [-0.3, -0.25) is 4.90 Å². The van der Waals surface area contributed by atoms with E-state index in [1.807, 2.05) is 6.07 Å². The highest BCUT2D eigenvalue weighted by Crippen LogP contribution is 2.40. The number of hydrogen-bond donors (Lipinski definition) is 0.